The number of halogens is 3. The summed E-state index contributed by atoms with van der Waals surface area (Å²) in [6.07, 6.45) is -3.20. The maximum Gasteiger partial charge on any atom is 0.433 e. The molecule has 0 aliphatic rings. The van der Waals surface area contributed by atoms with Crippen LogP contribution in [0.15, 0.2) is 52.5 Å². The van der Waals surface area contributed by atoms with Gasteiger partial charge in [-0.05, 0) is 29.8 Å². The monoisotopic (exact) mass is 423 g/mol. The topological polar surface area (TPSA) is 66.2 Å². The highest BCUT2D eigenvalue weighted by molar-refractivity contribution is 7.80. The second-order valence-electron chi connectivity index (χ2n) is 6.01. The molecule has 152 valence electrons. The van der Waals surface area contributed by atoms with Crippen LogP contribution in [0.5, 0.6) is 11.5 Å². The molecule has 0 bridgehead atoms. The van der Waals surface area contributed by atoms with Gasteiger partial charge in [0.05, 0.1) is 26.5 Å². The molecule has 0 atom stereocenters. The van der Waals surface area contributed by atoms with Crippen molar-refractivity contribution in [3.05, 3.63) is 64.2 Å². The first-order valence-electron chi connectivity index (χ1n) is 8.28. The van der Waals surface area contributed by atoms with E-state index in [1.54, 1.807) is 18.2 Å². The van der Waals surface area contributed by atoms with Crippen LogP contribution in [-0.4, -0.2) is 28.8 Å². The number of hydrogen-bond donors (Lipinski definition) is 1. The number of methoxy groups -OCH3 is 2. The molecule has 0 fully saturated rings. The second kappa shape index (κ2) is 8.16. The van der Waals surface area contributed by atoms with Crippen LogP contribution in [0.25, 0.3) is 11.3 Å². The van der Waals surface area contributed by atoms with E-state index in [0.717, 1.165) is 11.6 Å². The second-order valence-corrected chi connectivity index (χ2v) is 6.41. The highest BCUT2D eigenvalue weighted by Crippen LogP contribution is 2.31. The summed E-state index contributed by atoms with van der Waals surface area (Å²) in [5.74, 6) is 1.04. The number of aromatic nitrogens is 3. The predicted octanol–water partition coefficient (Wildman–Crippen LogP) is 3.68. The summed E-state index contributed by atoms with van der Waals surface area (Å²) in [6.45, 7) is 0.179. The Kier molecular flexibility index (Phi) is 5.83. The van der Waals surface area contributed by atoms with Crippen molar-refractivity contribution in [2.75, 3.05) is 14.2 Å². The first-order chi connectivity index (χ1) is 13.7. The molecule has 0 N–H and O–H groups in total. The van der Waals surface area contributed by atoms with E-state index < -0.39 is 11.9 Å². The summed E-state index contributed by atoms with van der Waals surface area (Å²) in [7, 11) is 3.01. The number of nitrogens with zero attached hydrogens (tertiary/aromatic N) is 3. The van der Waals surface area contributed by atoms with Crippen LogP contribution in [0.2, 0.25) is 0 Å². The number of alkyl halides is 3. The Morgan fingerprint density at radius 1 is 1.03 bits per heavy atom. The van der Waals surface area contributed by atoms with Crippen molar-refractivity contribution in [1.82, 2.24) is 14.5 Å². The summed E-state index contributed by atoms with van der Waals surface area (Å²) in [4.78, 5) is 19.5. The zero-order valence-electron chi connectivity index (χ0n) is 15.4. The predicted molar refractivity (Wildman–Crippen MR) is 103 cm³/mol. The number of ether oxygens (including phenoxy) is 2. The molecule has 29 heavy (non-hydrogen) atoms. The molecule has 6 nitrogen and oxygen atoms in total. The van der Waals surface area contributed by atoms with Gasteiger partial charge in [-0.15, -0.1) is 12.6 Å². The largest absolute Gasteiger partial charge is 0.493 e. The van der Waals surface area contributed by atoms with E-state index in [2.05, 4.69) is 22.6 Å². The van der Waals surface area contributed by atoms with Crippen molar-refractivity contribution in [3.63, 3.8) is 0 Å². The Morgan fingerprint density at radius 3 is 2.41 bits per heavy atom. The molecule has 0 unspecified atom stereocenters. The van der Waals surface area contributed by atoms with Crippen molar-refractivity contribution in [2.24, 2.45) is 0 Å². The van der Waals surface area contributed by atoms with Crippen LogP contribution in [0.1, 0.15) is 11.3 Å². The van der Waals surface area contributed by atoms with E-state index in [9.17, 15) is 18.0 Å². The Bertz CT molecular complexity index is 1100. The third-order valence-electron chi connectivity index (χ3n) is 4.08. The number of benzene rings is 1. The van der Waals surface area contributed by atoms with Gasteiger partial charge >= 0.3 is 6.18 Å². The van der Waals surface area contributed by atoms with Crippen molar-refractivity contribution < 1.29 is 22.6 Å². The van der Waals surface area contributed by atoms with Crippen molar-refractivity contribution in [3.8, 4) is 22.8 Å². The van der Waals surface area contributed by atoms with Crippen LogP contribution >= 0.6 is 12.6 Å². The molecule has 0 radical (unpaired) electrons. The Morgan fingerprint density at radius 2 is 1.76 bits per heavy atom. The summed E-state index contributed by atoms with van der Waals surface area (Å²) < 4.78 is 50.9. The molecule has 0 aliphatic heterocycles. The van der Waals surface area contributed by atoms with Gasteiger partial charge in [0.15, 0.2) is 16.7 Å². The first-order valence-corrected chi connectivity index (χ1v) is 8.73. The zero-order chi connectivity index (χ0) is 21.2. The van der Waals surface area contributed by atoms with E-state index in [4.69, 9.17) is 9.47 Å². The van der Waals surface area contributed by atoms with Crippen molar-refractivity contribution in [1.29, 1.82) is 0 Å². The van der Waals surface area contributed by atoms with Gasteiger partial charge in [-0.3, -0.25) is 4.79 Å². The number of rotatable bonds is 5. The van der Waals surface area contributed by atoms with Crippen LogP contribution in [-0.2, 0) is 12.7 Å². The Balaban J connectivity index is 2.00. The van der Waals surface area contributed by atoms with Gasteiger partial charge in [-0.1, -0.05) is 6.07 Å². The average molecular weight is 423 g/mol. The molecule has 0 saturated carbocycles. The van der Waals surface area contributed by atoms with Gasteiger partial charge in [0.1, 0.15) is 5.69 Å². The molecular weight excluding hydrogens is 407 g/mol. The lowest BCUT2D eigenvalue weighted by Gasteiger charge is -2.12. The fourth-order valence-electron chi connectivity index (χ4n) is 2.71. The highest BCUT2D eigenvalue weighted by atomic mass is 32.1. The minimum atomic E-state index is -4.64. The maximum atomic E-state index is 13.0. The van der Waals surface area contributed by atoms with E-state index in [1.165, 1.54) is 37.1 Å². The maximum absolute atomic E-state index is 13.0. The molecule has 3 rings (SSSR count). The minimum Gasteiger partial charge on any atom is -0.493 e. The number of thiol groups is 1. The lowest BCUT2D eigenvalue weighted by atomic mass is 10.1. The highest BCUT2D eigenvalue weighted by Gasteiger charge is 2.33. The third kappa shape index (κ3) is 4.70. The van der Waals surface area contributed by atoms with Crippen LogP contribution in [0.3, 0.4) is 0 Å². The quantitative estimate of drug-likeness (QED) is 0.501. The SMILES string of the molecule is COc1ccc(Cn2cc(-c3cc(C(F)(F)F)nc(S)n3)ccc2=O)cc1OC. The van der Waals surface area contributed by atoms with Gasteiger partial charge in [0.2, 0.25) is 0 Å². The van der Waals surface area contributed by atoms with Gasteiger partial charge in [0.25, 0.3) is 5.56 Å². The summed E-state index contributed by atoms with van der Waals surface area (Å²) in [5.41, 5.74) is -0.341. The Labute approximate surface area is 169 Å². The standard InChI is InChI=1S/C19H16F3N3O3S/c1-27-14-5-3-11(7-15(14)28-2)9-25-10-12(4-6-17(25)26)13-8-16(19(20,21)22)24-18(29)23-13/h3-8,10H,9H2,1-2H3,(H,23,24,29). The van der Waals surface area contributed by atoms with E-state index in [-0.39, 0.29) is 23.0 Å². The van der Waals surface area contributed by atoms with Gasteiger partial charge in [0, 0.05) is 17.8 Å². The summed E-state index contributed by atoms with van der Waals surface area (Å²) >= 11 is 3.86. The smallest absolute Gasteiger partial charge is 0.433 e. The molecule has 2 heterocycles. The van der Waals surface area contributed by atoms with E-state index >= 15 is 0 Å². The molecule has 10 heteroatoms. The molecule has 0 amide bonds. The van der Waals surface area contributed by atoms with Crippen LogP contribution in [0.4, 0.5) is 13.2 Å². The molecule has 1 aromatic carbocycles. The fraction of sp³-hybridized carbons (Fsp3) is 0.211. The van der Waals surface area contributed by atoms with E-state index in [0.29, 0.717) is 17.1 Å². The van der Waals surface area contributed by atoms with Gasteiger partial charge in [-0.2, -0.15) is 13.2 Å². The molecule has 0 spiro atoms. The number of pyridine rings is 1. The molecule has 2 aromatic heterocycles. The molecule has 0 saturated heterocycles. The van der Waals surface area contributed by atoms with Gasteiger partial charge < -0.3 is 14.0 Å². The lowest BCUT2D eigenvalue weighted by molar-refractivity contribution is -0.141. The zero-order valence-corrected chi connectivity index (χ0v) is 16.3. The molecule has 3 aromatic rings. The molecule has 0 aliphatic carbocycles. The summed E-state index contributed by atoms with van der Waals surface area (Å²) in [5, 5.41) is -0.313. The van der Waals surface area contributed by atoms with Crippen molar-refractivity contribution >= 4 is 12.6 Å². The van der Waals surface area contributed by atoms with Crippen LogP contribution in [0, 0.1) is 0 Å². The molecular formula is C19H16F3N3O3S. The average Bonchev–Trinajstić information content (AvgIpc) is 2.68. The van der Waals surface area contributed by atoms with Crippen LogP contribution < -0.4 is 15.0 Å². The number of hydrogen-bond acceptors (Lipinski definition) is 6. The van der Waals surface area contributed by atoms with Crippen molar-refractivity contribution in [2.45, 2.75) is 17.9 Å². The Hall–Kier alpha value is -3.01. The third-order valence-corrected chi connectivity index (χ3v) is 4.28. The first kappa shape index (κ1) is 20.7. The lowest BCUT2D eigenvalue weighted by Crippen LogP contribution is -2.19. The minimum absolute atomic E-state index is 0.0124. The summed E-state index contributed by atoms with van der Waals surface area (Å²) in [6, 6.07) is 8.68. The van der Waals surface area contributed by atoms with E-state index in [1.807, 2.05) is 0 Å². The normalized spacial score (nSPS) is 11.4. The fourth-order valence-corrected chi connectivity index (χ4v) is 2.93. The van der Waals surface area contributed by atoms with Gasteiger partial charge in [-0.25, -0.2) is 9.97 Å².